The lowest BCUT2D eigenvalue weighted by Crippen LogP contribution is -2.56. The van der Waals surface area contributed by atoms with Gasteiger partial charge in [0.2, 0.25) is 4.27 Å². The van der Waals surface area contributed by atoms with E-state index < -0.39 is 34.3 Å². The number of esters is 1. The molecule has 0 aliphatic heterocycles. The van der Waals surface area contributed by atoms with Crippen LogP contribution < -0.4 is 0 Å². The van der Waals surface area contributed by atoms with Crippen LogP contribution in [-0.2, 0) is 13.7 Å². The van der Waals surface area contributed by atoms with Crippen molar-refractivity contribution in [1.82, 2.24) is 19.9 Å². The lowest BCUT2D eigenvalue weighted by atomic mass is 9.91. The first-order valence-electron chi connectivity index (χ1n) is 16.8. The fourth-order valence-corrected chi connectivity index (χ4v) is 22.2. The SMILES string of the molecule is CCC(=O)OC(SSc1nc2ccccc2s1)C(CO)(CO)C(OSSc1nc2ccccc2s1)(SSc1nc2ccccc2s1)SSc1nc2ccccc2s1. The average molecular weight is 981 g/mol. The van der Waals surface area contributed by atoms with E-state index in [9.17, 15) is 15.0 Å². The van der Waals surface area contributed by atoms with Crippen LogP contribution in [-0.4, -0.2) is 59.0 Å². The summed E-state index contributed by atoms with van der Waals surface area (Å²) in [6.07, 6.45) is 0.0903. The zero-order valence-electron chi connectivity index (χ0n) is 29.2. The Labute approximate surface area is 374 Å². The van der Waals surface area contributed by atoms with Crippen molar-refractivity contribution in [3.63, 3.8) is 0 Å². The molecule has 21 heteroatoms. The van der Waals surface area contributed by atoms with Crippen LogP contribution in [0.15, 0.2) is 114 Å². The zero-order valence-corrected chi connectivity index (χ0v) is 39.0. The Morgan fingerprint density at radius 1 is 0.614 bits per heavy atom. The monoisotopic (exact) mass is 980 g/mol. The second-order valence-electron chi connectivity index (χ2n) is 11.7. The molecule has 0 bridgehead atoms. The Morgan fingerprint density at radius 2 is 1.00 bits per heavy atom. The van der Waals surface area contributed by atoms with Crippen LogP contribution in [0.3, 0.4) is 0 Å². The number of para-hydroxylation sites is 4. The minimum atomic E-state index is -1.63. The van der Waals surface area contributed by atoms with Gasteiger partial charge in [-0.15, -0.1) is 45.3 Å². The van der Waals surface area contributed by atoms with Crippen molar-refractivity contribution in [2.75, 3.05) is 13.2 Å². The summed E-state index contributed by atoms with van der Waals surface area (Å²) in [7, 11) is 9.29. The Bertz CT molecular complexity index is 2400. The van der Waals surface area contributed by atoms with E-state index in [1.807, 2.05) is 97.1 Å². The summed E-state index contributed by atoms with van der Waals surface area (Å²) in [6.45, 7) is 0.505. The molecule has 294 valence electrons. The normalized spacial score (nSPS) is 13.0. The smallest absolute Gasteiger partial charge is 0.306 e. The second kappa shape index (κ2) is 19.5. The number of thiazole rings is 4. The molecule has 0 radical (unpaired) electrons. The summed E-state index contributed by atoms with van der Waals surface area (Å²) in [6, 6.07) is 31.6. The highest BCUT2D eigenvalue weighted by atomic mass is 33.1. The largest absolute Gasteiger partial charge is 0.449 e. The van der Waals surface area contributed by atoms with Crippen LogP contribution in [0, 0.1) is 5.41 Å². The summed E-state index contributed by atoms with van der Waals surface area (Å²) < 4.78 is 18.8. The molecular formula is C36H28N4O5S12. The quantitative estimate of drug-likeness (QED) is 0.0345. The van der Waals surface area contributed by atoms with Gasteiger partial charge in [-0.25, -0.2) is 19.9 Å². The van der Waals surface area contributed by atoms with E-state index in [2.05, 4.69) is 0 Å². The van der Waals surface area contributed by atoms with Crippen molar-refractivity contribution in [2.45, 2.75) is 40.4 Å². The molecule has 4 heterocycles. The Hall–Kier alpha value is -1.41. The van der Waals surface area contributed by atoms with Crippen LogP contribution in [0.4, 0.5) is 0 Å². The molecule has 0 fully saturated rings. The van der Waals surface area contributed by atoms with Gasteiger partial charge >= 0.3 is 5.97 Å². The molecule has 9 nitrogen and oxygen atoms in total. The van der Waals surface area contributed by atoms with Gasteiger partial charge in [-0.1, -0.05) is 55.5 Å². The predicted molar refractivity (Wildman–Crippen MR) is 253 cm³/mol. The molecule has 0 amide bonds. The number of fused-ring (bicyclic) bond motifs is 4. The van der Waals surface area contributed by atoms with Crippen LogP contribution in [0.2, 0.25) is 0 Å². The van der Waals surface area contributed by atoms with E-state index in [1.54, 1.807) is 18.3 Å². The molecule has 1 unspecified atom stereocenters. The number of rotatable bonds is 19. The topological polar surface area (TPSA) is 128 Å². The van der Waals surface area contributed by atoms with Crippen LogP contribution in [0.1, 0.15) is 13.3 Å². The first-order chi connectivity index (χ1) is 27.9. The molecular weight excluding hydrogens is 953 g/mol. The predicted octanol–water partition coefficient (Wildman–Crippen LogP) is 13.0. The van der Waals surface area contributed by atoms with Crippen molar-refractivity contribution in [2.24, 2.45) is 5.41 Å². The number of aliphatic hydroxyl groups is 2. The standard InChI is InChI=1S/C36H28N4O5S12/c1-2-29(43)44-30(50-51-31-37-21-11-3-7-15-25(21)46-31)35(19-41,20-42)36(55-52-32-38-22-12-4-8-16-26(22)47-32,56-53-33-39-23-13-5-9-17-27(23)48-33)45-57-54-34-40-24-14-6-10-18-28(24)49-34/h3-18,30,41-42H,2,19-20H2,1H3. The van der Waals surface area contributed by atoms with E-state index in [4.69, 9.17) is 28.9 Å². The summed E-state index contributed by atoms with van der Waals surface area (Å²) in [4.78, 5) is 32.7. The molecule has 0 spiro atoms. The fourth-order valence-electron chi connectivity index (χ4n) is 5.16. The Balaban J connectivity index is 1.20. The van der Waals surface area contributed by atoms with Gasteiger partial charge in [-0.3, -0.25) is 8.98 Å². The molecule has 2 N–H and O–H groups in total. The van der Waals surface area contributed by atoms with Gasteiger partial charge in [0, 0.05) is 17.2 Å². The number of hydrogen-bond donors (Lipinski definition) is 2. The van der Waals surface area contributed by atoms with Crippen molar-refractivity contribution in [3.05, 3.63) is 97.1 Å². The summed E-state index contributed by atoms with van der Waals surface area (Å²) in [5, 5.41) is 23.5. The highest BCUT2D eigenvalue weighted by Crippen LogP contribution is 2.67. The second-order valence-corrected chi connectivity index (χ2v) is 25.8. The third kappa shape index (κ3) is 9.57. The van der Waals surface area contributed by atoms with Gasteiger partial charge in [0.05, 0.1) is 65.2 Å². The van der Waals surface area contributed by atoms with Gasteiger partial charge in [0.1, 0.15) is 5.41 Å². The molecule has 0 aliphatic rings. The van der Waals surface area contributed by atoms with E-state index in [0.29, 0.717) is 0 Å². The number of benzene rings is 4. The highest BCUT2D eigenvalue weighted by Gasteiger charge is 2.62. The maximum Gasteiger partial charge on any atom is 0.306 e. The van der Waals surface area contributed by atoms with Gasteiger partial charge in [0.15, 0.2) is 22.8 Å². The maximum absolute atomic E-state index is 13.3. The molecule has 0 saturated carbocycles. The third-order valence-electron chi connectivity index (χ3n) is 8.15. The minimum Gasteiger partial charge on any atom is -0.449 e. The van der Waals surface area contributed by atoms with E-state index in [-0.39, 0.29) is 6.42 Å². The Morgan fingerprint density at radius 3 is 1.39 bits per heavy atom. The molecule has 8 aromatic rings. The lowest BCUT2D eigenvalue weighted by molar-refractivity contribution is -0.155. The maximum atomic E-state index is 13.3. The highest BCUT2D eigenvalue weighted by molar-refractivity contribution is 8.86. The van der Waals surface area contributed by atoms with E-state index in [1.165, 1.54) is 110 Å². The lowest BCUT2D eigenvalue weighted by Gasteiger charge is -2.47. The van der Waals surface area contributed by atoms with Crippen molar-refractivity contribution in [3.8, 4) is 0 Å². The molecule has 8 rings (SSSR count). The van der Waals surface area contributed by atoms with Crippen molar-refractivity contribution in [1.29, 1.82) is 0 Å². The van der Waals surface area contributed by atoms with Gasteiger partial charge in [-0.2, -0.15) is 0 Å². The minimum absolute atomic E-state index is 0.0903. The van der Waals surface area contributed by atoms with E-state index >= 15 is 0 Å². The summed E-state index contributed by atoms with van der Waals surface area (Å²) in [5.74, 6) is -0.485. The van der Waals surface area contributed by atoms with Crippen molar-refractivity contribution < 1.29 is 23.9 Å². The molecule has 0 aliphatic carbocycles. The van der Waals surface area contributed by atoms with Gasteiger partial charge in [0.25, 0.3) is 0 Å². The Kier molecular flexibility index (Phi) is 14.5. The van der Waals surface area contributed by atoms with Crippen LogP contribution in [0.5, 0.6) is 0 Å². The van der Waals surface area contributed by atoms with E-state index in [0.717, 1.165) is 69.3 Å². The molecule has 4 aromatic carbocycles. The first-order valence-corrected chi connectivity index (χ1v) is 28.7. The van der Waals surface area contributed by atoms with Crippen molar-refractivity contribution >= 4 is 179 Å². The zero-order chi connectivity index (χ0) is 39.2. The van der Waals surface area contributed by atoms with Crippen LogP contribution in [0.25, 0.3) is 40.9 Å². The average Bonchev–Trinajstić information content (AvgIpc) is 4.05. The molecule has 4 aromatic heterocycles. The number of hydrogen-bond acceptors (Lipinski definition) is 21. The molecule has 0 saturated heterocycles. The van der Waals surface area contributed by atoms with Crippen LogP contribution >= 0.6 is 132 Å². The fraction of sp³-hybridized carbons (Fsp3) is 0.194. The number of ether oxygens (including phenoxy) is 1. The van der Waals surface area contributed by atoms with Gasteiger partial charge in [-0.05, 0) is 113 Å². The number of nitrogens with zero attached hydrogens (tertiary/aromatic N) is 4. The molecule has 1 atom stereocenters. The van der Waals surface area contributed by atoms with Gasteiger partial charge < -0.3 is 14.9 Å². The number of carbonyl (C=O) groups is 1. The first kappa shape index (κ1) is 42.3. The number of aliphatic hydroxyl groups excluding tert-OH is 2. The number of carbonyl (C=O) groups excluding carboxylic acids is 1. The summed E-state index contributed by atoms with van der Waals surface area (Å²) >= 11 is 7.24. The third-order valence-corrected chi connectivity index (χ3v) is 24.8. The molecule has 57 heavy (non-hydrogen) atoms. The summed E-state index contributed by atoms with van der Waals surface area (Å²) in [5.41, 5.74) is 0.723. The number of aromatic nitrogens is 4.